The molecule has 0 saturated carbocycles. The zero-order valence-electron chi connectivity index (χ0n) is 31.8. The van der Waals surface area contributed by atoms with Crippen LogP contribution in [0.3, 0.4) is 0 Å². The first kappa shape index (κ1) is 39.3. The largest absolute Gasteiger partial charge is 0.453 e. The molecule has 4 amide bonds. The molecule has 2 saturated heterocycles. The van der Waals surface area contributed by atoms with E-state index < -0.39 is 30.4 Å². The first-order chi connectivity index (χ1) is 26.5. The highest BCUT2D eigenvalue weighted by Gasteiger charge is 2.40. The van der Waals surface area contributed by atoms with Gasteiger partial charge in [0.15, 0.2) is 0 Å². The minimum absolute atomic E-state index is 0.182. The lowest BCUT2D eigenvalue weighted by Crippen LogP contribution is -2.54. The highest BCUT2D eigenvalue weighted by Crippen LogP contribution is 2.37. The second-order valence-corrected chi connectivity index (χ2v) is 14.9. The number of likely N-dealkylation sites (tertiary alicyclic amines) is 2. The van der Waals surface area contributed by atoms with Crippen LogP contribution in [0.4, 0.5) is 9.59 Å². The number of methoxy groups -OCH3 is 3. The Hall–Kier alpha value is -5.35. The summed E-state index contributed by atoms with van der Waals surface area (Å²) in [5.74, 6) is 0.963. The highest BCUT2D eigenvalue weighted by molar-refractivity contribution is 7.99. The summed E-state index contributed by atoms with van der Waals surface area (Å²) < 4.78 is 14.8. The lowest BCUT2D eigenvalue weighted by Gasteiger charge is -2.30. The molecule has 55 heavy (non-hydrogen) atoms. The minimum atomic E-state index is -0.896. The molecule has 15 nitrogen and oxygen atoms in total. The van der Waals surface area contributed by atoms with E-state index in [9.17, 15) is 19.2 Å². The zero-order chi connectivity index (χ0) is 39.2. The molecule has 292 valence electrons. The third kappa shape index (κ3) is 8.65. The number of amides is 4. The summed E-state index contributed by atoms with van der Waals surface area (Å²) in [4.78, 5) is 70.4. The van der Waals surface area contributed by atoms with Crippen LogP contribution in [0, 0.1) is 0 Å². The summed E-state index contributed by atoms with van der Waals surface area (Å²) in [7, 11) is 4.02. The van der Waals surface area contributed by atoms with Gasteiger partial charge in [0, 0.05) is 25.4 Å². The fourth-order valence-corrected chi connectivity index (χ4v) is 7.89. The number of H-pyrrole nitrogens is 2. The van der Waals surface area contributed by atoms with Crippen LogP contribution in [-0.4, -0.2) is 118 Å². The van der Waals surface area contributed by atoms with E-state index in [0.29, 0.717) is 24.7 Å². The number of alkyl carbamates (subject to hydrolysis) is 2. The Labute approximate surface area is 324 Å². The van der Waals surface area contributed by atoms with Gasteiger partial charge < -0.3 is 44.6 Å². The zero-order valence-corrected chi connectivity index (χ0v) is 32.6. The fraction of sp³-hybridized carbons (Fsp3) is 0.436. The molecule has 6 rings (SSSR count). The molecule has 6 unspecified atom stereocenters. The average molecular weight is 773 g/mol. The molecule has 6 atom stereocenters. The first-order valence-electron chi connectivity index (χ1n) is 18.2. The lowest BCUT2D eigenvalue weighted by molar-refractivity contribution is -0.137. The molecule has 2 aromatic carbocycles. The first-order valence-corrected chi connectivity index (χ1v) is 19.5. The van der Waals surface area contributed by atoms with Crippen molar-refractivity contribution in [3.63, 3.8) is 0 Å². The van der Waals surface area contributed by atoms with E-state index in [1.165, 1.54) is 21.3 Å². The maximum Gasteiger partial charge on any atom is 0.407 e. The molecule has 0 bridgehead atoms. The van der Waals surface area contributed by atoms with E-state index >= 15 is 0 Å². The molecular weight excluding hydrogens is 725 g/mol. The van der Waals surface area contributed by atoms with Crippen molar-refractivity contribution < 1.29 is 33.4 Å². The number of carbonyl (C=O) groups is 4. The van der Waals surface area contributed by atoms with Crippen molar-refractivity contribution in [2.24, 2.45) is 0 Å². The predicted molar refractivity (Wildman–Crippen MR) is 208 cm³/mol. The van der Waals surface area contributed by atoms with E-state index in [0.717, 1.165) is 52.9 Å². The SMILES string of the molecule is COC(=O)NC(C)C(=O)N1CC(SC)CC1c1ncc(-c2ccc(-c3ccc(-c4cnc(C5CCCN5C(=O)C(NC(=O)OC)C(C)OC)[nH]4)cc3)cc2)[nH]1. The smallest absolute Gasteiger partial charge is 0.407 e. The van der Waals surface area contributed by atoms with Crippen LogP contribution in [0.2, 0.25) is 0 Å². The molecule has 4 heterocycles. The number of carbonyl (C=O) groups excluding carboxylic acids is 4. The molecule has 16 heteroatoms. The van der Waals surface area contributed by atoms with E-state index in [1.807, 2.05) is 30.5 Å². The van der Waals surface area contributed by atoms with Crippen LogP contribution in [0.25, 0.3) is 33.6 Å². The number of hydrogen-bond donors (Lipinski definition) is 4. The summed E-state index contributed by atoms with van der Waals surface area (Å²) in [5, 5.41) is 5.45. The third-order valence-electron chi connectivity index (χ3n) is 10.4. The van der Waals surface area contributed by atoms with Crippen molar-refractivity contribution in [1.29, 1.82) is 0 Å². The number of hydrogen-bond acceptors (Lipinski definition) is 10. The molecule has 0 spiro atoms. The standard InChI is InChI=1S/C39H48N8O7S/c1-22(42-38(50)53-4)36(48)47-21-28(55-6)18-32(47)35-41-20-30(44-35)27-15-11-25(12-16-27)24-9-13-26(14-10-24)29-19-40-34(43-29)31-8-7-17-46(31)37(49)33(23(2)52-3)45-39(51)54-5/h9-16,19-20,22-23,28,31-33H,7-8,17-18,21H2,1-6H3,(H,40,43)(H,41,44)(H,42,50)(H,45,51). The summed E-state index contributed by atoms with van der Waals surface area (Å²) in [6.45, 7) is 4.50. The van der Waals surface area contributed by atoms with Crippen LogP contribution < -0.4 is 10.6 Å². The van der Waals surface area contributed by atoms with Gasteiger partial charge in [-0.1, -0.05) is 48.5 Å². The van der Waals surface area contributed by atoms with Crippen LogP contribution >= 0.6 is 11.8 Å². The Morgan fingerprint density at radius 3 is 1.82 bits per heavy atom. The molecule has 0 radical (unpaired) electrons. The van der Waals surface area contributed by atoms with E-state index in [1.54, 1.807) is 47.8 Å². The van der Waals surface area contributed by atoms with Gasteiger partial charge >= 0.3 is 12.2 Å². The maximum absolute atomic E-state index is 13.6. The van der Waals surface area contributed by atoms with Crippen molar-refractivity contribution in [3.8, 4) is 33.6 Å². The molecule has 4 N–H and O–H groups in total. The summed E-state index contributed by atoms with van der Waals surface area (Å²) in [6.07, 6.45) is 6.02. The Kier molecular flexibility index (Phi) is 12.5. The van der Waals surface area contributed by atoms with Crippen molar-refractivity contribution in [2.45, 2.75) is 68.6 Å². The third-order valence-corrected chi connectivity index (χ3v) is 11.4. The summed E-state index contributed by atoms with van der Waals surface area (Å²) in [6, 6.07) is 14.3. The Balaban J connectivity index is 1.11. The maximum atomic E-state index is 13.6. The number of thioether (sulfide) groups is 1. The van der Waals surface area contributed by atoms with E-state index in [-0.39, 0.29) is 29.1 Å². The van der Waals surface area contributed by atoms with Gasteiger partial charge in [-0.05, 0) is 61.6 Å². The molecule has 2 aliphatic heterocycles. The second-order valence-electron chi connectivity index (χ2n) is 13.7. The van der Waals surface area contributed by atoms with Crippen LogP contribution in [0.5, 0.6) is 0 Å². The van der Waals surface area contributed by atoms with Crippen LogP contribution in [0.15, 0.2) is 60.9 Å². The topological polar surface area (TPSA) is 184 Å². The molecule has 2 fully saturated rings. The number of imidazole rings is 2. The number of nitrogens with one attached hydrogen (secondary N) is 4. The molecule has 2 aliphatic rings. The van der Waals surface area contributed by atoms with Gasteiger partial charge in [0.2, 0.25) is 11.8 Å². The van der Waals surface area contributed by atoms with Crippen molar-refractivity contribution in [3.05, 3.63) is 72.6 Å². The highest BCUT2D eigenvalue weighted by atomic mass is 32.2. The van der Waals surface area contributed by atoms with Gasteiger partial charge in [0.05, 0.1) is 56.2 Å². The van der Waals surface area contributed by atoms with Crippen LogP contribution in [0.1, 0.15) is 56.8 Å². The lowest BCUT2D eigenvalue weighted by atomic mass is 10.0. The van der Waals surface area contributed by atoms with Crippen molar-refractivity contribution in [1.82, 2.24) is 40.4 Å². The van der Waals surface area contributed by atoms with Gasteiger partial charge in [0.25, 0.3) is 0 Å². The normalized spacial score (nSPS) is 19.8. The Morgan fingerprint density at radius 1 is 0.764 bits per heavy atom. The summed E-state index contributed by atoms with van der Waals surface area (Å²) in [5.41, 5.74) is 5.69. The van der Waals surface area contributed by atoms with Gasteiger partial charge in [-0.25, -0.2) is 19.6 Å². The molecular formula is C39H48N8O7S. The molecule has 0 aliphatic carbocycles. The minimum Gasteiger partial charge on any atom is -0.453 e. The average Bonchev–Trinajstić information content (AvgIpc) is 4.05. The molecule has 4 aromatic rings. The number of rotatable bonds is 12. The number of benzene rings is 2. The van der Waals surface area contributed by atoms with Crippen LogP contribution in [-0.2, 0) is 23.8 Å². The summed E-state index contributed by atoms with van der Waals surface area (Å²) >= 11 is 1.71. The van der Waals surface area contributed by atoms with Gasteiger partial charge in [-0.2, -0.15) is 11.8 Å². The number of ether oxygens (including phenoxy) is 3. The van der Waals surface area contributed by atoms with Gasteiger partial charge in [0.1, 0.15) is 23.7 Å². The van der Waals surface area contributed by atoms with Crippen molar-refractivity contribution in [2.75, 3.05) is 40.7 Å². The van der Waals surface area contributed by atoms with Gasteiger partial charge in [-0.3, -0.25) is 9.59 Å². The Bertz CT molecular complexity index is 1970. The van der Waals surface area contributed by atoms with Gasteiger partial charge in [-0.15, -0.1) is 0 Å². The number of nitrogens with zero attached hydrogens (tertiary/aromatic N) is 4. The van der Waals surface area contributed by atoms with Crippen molar-refractivity contribution >= 4 is 35.8 Å². The molecule has 2 aromatic heterocycles. The predicted octanol–water partition coefficient (Wildman–Crippen LogP) is 5.31. The number of aromatic nitrogens is 4. The second kappa shape index (κ2) is 17.4. The monoisotopic (exact) mass is 772 g/mol. The quantitative estimate of drug-likeness (QED) is 0.147. The van der Waals surface area contributed by atoms with E-state index in [2.05, 4.69) is 59.6 Å². The van der Waals surface area contributed by atoms with E-state index in [4.69, 9.17) is 9.47 Å². The fourth-order valence-electron chi connectivity index (χ4n) is 7.20. The Morgan fingerprint density at radius 2 is 1.29 bits per heavy atom. The number of aromatic amines is 2.